The summed E-state index contributed by atoms with van der Waals surface area (Å²) in [4.78, 5) is 42.4. The van der Waals surface area contributed by atoms with Crippen molar-refractivity contribution in [2.24, 2.45) is 0 Å². The van der Waals surface area contributed by atoms with E-state index in [0.29, 0.717) is 13.2 Å². The summed E-state index contributed by atoms with van der Waals surface area (Å²) >= 11 is 0. The normalized spacial score (nSPS) is 18.5. The lowest BCUT2D eigenvalue weighted by Gasteiger charge is -2.06. The van der Waals surface area contributed by atoms with Gasteiger partial charge in [0.25, 0.3) is 12.6 Å². The predicted octanol–water partition coefficient (Wildman–Crippen LogP) is 0.185. The van der Waals surface area contributed by atoms with Gasteiger partial charge in [-0.25, -0.2) is 19.2 Å². The topological polar surface area (TPSA) is 173 Å². The first kappa shape index (κ1) is 27.8. The van der Waals surface area contributed by atoms with Crippen LogP contribution in [0.5, 0.6) is 0 Å². The number of hydrogen-bond acceptors (Lipinski definition) is 13. The fraction of sp³-hybridized carbons (Fsp3) is 0.556. The molecule has 2 saturated heterocycles. The van der Waals surface area contributed by atoms with Crippen LogP contribution in [0, 0.1) is 0 Å². The van der Waals surface area contributed by atoms with Gasteiger partial charge >= 0.3 is 24.2 Å². The van der Waals surface area contributed by atoms with Crippen LogP contribution in [0.3, 0.4) is 0 Å². The van der Waals surface area contributed by atoms with E-state index in [2.05, 4.69) is 46.3 Å². The molecule has 2 unspecified atom stereocenters. The minimum absolute atomic E-state index is 0.0278. The summed E-state index contributed by atoms with van der Waals surface area (Å²) in [7, 11) is 0. The van der Waals surface area contributed by atoms with Crippen molar-refractivity contribution in [2.75, 3.05) is 39.6 Å². The molecule has 2 heterocycles. The zero-order chi connectivity index (χ0) is 23.8. The highest BCUT2D eigenvalue weighted by Gasteiger charge is 2.29. The molecule has 2 rings (SSSR count). The number of aliphatic hydroxyl groups is 2. The minimum atomic E-state index is -0.929. The van der Waals surface area contributed by atoms with Crippen molar-refractivity contribution in [2.45, 2.75) is 26.4 Å². The van der Waals surface area contributed by atoms with Gasteiger partial charge in [-0.05, 0) is 13.8 Å². The van der Waals surface area contributed by atoms with Gasteiger partial charge in [0.2, 0.25) is 0 Å². The molecule has 0 radical (unpaired) electrons. The SMILES string of the molecule is C=C(C)C(=O)OC1COC(=O)O1.C=C(C)C(=O)OC1COC(=O)O1.OCCOCCO. The van der Waals surface area contributed by atoms with E-state index in [0.717, 1.165) is 0 Å². The number of esters is 2. The van der Waals surface area contributed by atoms with Crippen molar-refractivity contribution in [1.82, 2.24) is 0 Å². The molecule has 2 atom stereocenters. The average molecular weight is 450 g/mol. The predicted molar refractivity (Wildman–Crippen MR) is 99.2 cm³/mol. The molecule has 0 saturated carbocycles. The molecule has 13 heteroatoms. The Bertz CT molecular complexity index is 588. The molecule has 0 aromatic heterocycles. The maximum Gasteiger partial charge on any atom is 0.511 e. The lowest BCUT2D eigenvalue weighted by molar-refractivity contribution is -0.159. The molecular formula is C18H26O13. The molecule has 176 valence electrons. The summed E-state index contributed by atoms with van der Waals surface area (Å²) in [5.74, 6) is -1.20. The third-order valence-electron chi connectivity index (χ3n) is 2.78. The first-order chi connectivity index (χ1) is 14.6. The summed E-state index contributed by atoms with van der Waals surface area (Å²) in [6.07, 6.45) is -3.51. The standard InChI is InChI=1S/2C7H8O5.C4H10O3/c2*1-4(2)6(8)11-5-3-10-7(9)12-5;5-1-3-7-4-2-6/h2*5H,1,3H2,2H3;5-6H,1-4H2. The van der Waals surface area contributed by atoms with E-state index in [-0.39, 0.29) is 37.6 Å². The molecule has 0 bridgehead atoms. The van der Waals surface area contributed by atoms with E-state index in [4.69, 9.17) is 10.2 Å². The molecule has 2 aliphatic rings. The van der Waals surface area contributed by atoms with Crippen LogP contribution in [0.15, 0.2) is 24.3 Å². The maximum atomic E-state index is 10.8. The van der Waals surface area contributed by atoms with Crippen LogP contribution in [0.1, 0.15) is 13.8 Å². The van der Waals surface area contributed by atoms with Gasteiger partial charge in [-0.3, -0.25) is 0 Å². The summed E-state index contributed by atoms with van der Waals surface area (Å²) in [5, 5.41) is 16.2. The highest BCUT2D eigenvalue weighted by Crippen LogP contribution is 2.09. The van der Waals surface area contributed by atoms with E-state index in [1.807, 2.05) is 0 Å². The van der Waals surface area contributed by atoms with Crippen LogP contribution in [-0.4, -0.2) is 86.7 Å². The van der Waals surface area contributed by atoms with E-state index in [1.54, 1.807) is 0 Å². The lowest BCUT2D eigenvalue weighted by Crippen LogP contribution is -2.20. The van der Waals surface area contributed by atoms with Crippen LogP contribution in [-0.2, 0) is 42.7 Å². The molecule has 0 spiro atoms. The lowest BCUT2D eigenvalue weighted by atomic mass is 10.4. The van der Waals surface area contributed by atoms with Gasteiger partial charge in [0.15, 0.2) is 13.2 Å². The zero-order valence-corrected chi connectivity index (χ0v) is 17.2. The molecule has 2 fully saturated rings. The maximum absolute atomic E-state index is 10.8. The molecule has 0 aromatic rings. The van der Waals surface area contributed by atoms with Crippen molar-refractivity contribution >= 4 is 24.2 Å². The fourth-order valence-electron chi connectivity index (χ4n) is 1.41. The average Bonchev–Trinajstić information content (AvgIpc) is 3.30. The Hall–Kier alpha value is -3.16. The van der Waals surface area contributed by atoms with Crippen molar-refractivity contribution in [3.05, 3.63) is 24.3 Å². The van der Waals surface area contributed by atoms with Gasteiger partial charge in [0, 0.05) is 11.1 Å². The molecule has 2 N–H and O–H groups in total. The highest BCUT2D eigenvalue weighted by atomic mass is 16.8. The smallest absolute Gasteiger partial charge is 0.426 e. The third kappa shape index (κ3) is 13.6. The summed E-state index contributed by atoms with van der Waals surface area (Å²) in [6, 6.07) is 0. The summed E-state index contributed by atoms with van der Waals surface area (Å²) < 4.78 is 31.5. The molecular weight excluding hydrogens is 424 g/mol. The number of carbonyl (C=O) groups is 4. The number of aliphatic hydroxyl groups excluding tert-OH is 2. The first-order valence-corrected chi connectivity index (χ1v) is 8.79. The molecule has 13 nitrogen and oxygen atoms in total. The van der Waals surface area contributed by atoms with Crippen molar-refractivity contribution in [3.8, 4) is 0 Å². The first-order valence-electron chi connectivity index (χ1n) is 8.79. The van der Waals surface area contributed by atoms with Crippen molar-refractivity contribution < 1.29 is 62.5 Å². The fourth-order valence-corrected chi connectivity index (χ4v) is 1.41. The monoisotopic (exact) mass is 450 g/mol. The Balaban J connectivity index is 0.000000454. The second-order valence-corrected chi connectivity index (χ2v) is 5.65. The Morgan fingerprint density at radius 3 is 1.45 bits per heavy atom. The second kappa shape index (κ2) is 15.6. The number of ether oxygens (including phenoxy) is 7. The van der Waals surface area contributed by atoms with E-state index in [1.165, 1.54) is 13.8 Å². The quantitative estimate of drug-likeness (QED) is 0.222. The van der Waals surface area contributed by atoms with Crippen LogP contribution in [0.25, 0.3) is 0 Å². The van der Waals surface area contributed by atoms with Gasteiger partial charge in [-0.1, -0.05) is 13.2 Å². The molecule has 31 heavy (non-hydrogen) atoms. The largest absolute Gasteiger partial charge is 0.511 e. The Labute approximate surface area is 178 Å². The Morgan fingerprint density at radius 1 is 0.871 bits per heavy atom. The minimum Gasteiger partial charge on any atom is -0.426 e. The van der Waals surface area contributed by atoms with Gasteiger partial charge < -0.3 is 43.4 Å². The molecule has 0 aliphatic carbocycles. The van der Waals surface area contributed by atoms with Gasteiger partial charge in [0.05, 0.1) is 26.4 Å². The number of cyclic esters (lactones) is 4. The van der Waals surface area contributed by atoms with Crippen molar-refractivity contribution in [3.63, 3.8) is 0 Å². The molecule has 0 amide bonds. The Morgan fingerprint density at radius 2 is 1.23 bits per heavy atom. The third-order valence-corrected chi connectivity index (χ3v) is 2.78. The molecule has 2 aliphatic heterocycles. The summed E-state index contributed by atoms with van der Waals surface area (Å²) in [5.41, 5.74) is 0.496. The number of carbonyl (C=O) groups excluding carboxylic acids is 4. The van der Waals surface area contributed by atoms with E-state index >= 15 is 0 Å². The Kier molecular flexibility index (Phi) is 14.1. The van der Waals surface area contributed by atoms with Crippen LogP contribution >= 0.6 is 0 Å². The number of hydrogen-bond donors (Lipinski definition) is 2. The van der Waals surface area contributed by atoms with Crippen molar-refractivity contribution in [1.29, 1.82) is 0 Å². The highest BCUT2D eigenvalue weighted by molar-refractivity contribution is 5.87. The van der Waals surface area contributed by atoms with Crippen LogP contribution in [0.2, 0.25) is 0 Å². The van der Waals surface area contributed by atoms with Gasteiger partial charge in [0.1, 0.15) is 0 Å². The summed E-state index contributed by atoms with van der Waals surface area (Å²) in [6.45, 7) is 10.3. The molecule has 0 aromatic carbocycles. The second-order valence-electron chi connectivity index (χ2n) is 5.65. The van der Waals surface area contributed by atoms with E-state index in [9.17, 15) is 19.2 Å². The van der Waals surface area contributed by atoms with Gasteiger partial charge in [-0.2, -0.15) is 0 Å². The van der Waals surface area contributed by atoms with Gasteiger partial charge in [-0.15, -0.1) is 0 Å². The van der Waals surface area contributed by atoms with Crippen LogP contribution in [0.4, 0.5) is 9.59 Å². The van der Waals surface area contributed by atoms with Crippen LogP contribution < -0.4 is 0 Å². The zero-order valence-electron chi connectivity index (χ0n) is 17.2. The van der Waals surface area contributed by atoms with E-state index < -0.39 is 36.8 Å². The number of rotatable bonds is 8.